The Morgan fingerprint density at radius 2 is 2.28 bits per heavy atom. The van der Waals surface area contributed by atoms with E-state index in [0.717, 1.165) is 6.07 Å². The predicted octanol–water partition coefficient (Wildman–Crippen LogP) is 1.23. The van der Waals surface area contributed by atoms with Gasteiger partial charge in [0, 0.05) is 6.07 Å². The number of methoxy groups -OCH3 is 1. The Morgan fingerprint density at radius 3 is 2.83 bits per heavy atom. The number of nitrogens with zero attached hydrogens (tertiary/aromatic N) is 1. The van der Waals surface area contributed by atoms with Gasteiger partial charge in [-0.1, -0.05) is 11.8 Å². The lowest BCUT2D eigenvalue weighted by Gasteiger charge is -2.00. The largest absolute Gasteiger partial charge is 0.468 e. The van der Waals surface area contributed by atoms with Crippen LogP contribution >= 0.6 is 0 Å². The Bertz CT molecular complexity index is 560. The van der Waals surface area contributed by atoms with Gasteiger partial charge >= 0.3 is 5.97 Å². The van der Waals surface area contributed by atoms with Crippen molar-refractivity contribution < 1.29 is 18.8 Å². The van der Waals surface area contributed by atoms with Crippen molar-refractivity contribution in [2.75, 3.05) is 12.8 Å². The van der Waals surface area contributed by atoms with Gasteiger partial charge in [0.2, 0.25) is 0 Å². The van der Waals surface area contributed by atoms with Gasteiger partial charge in [-0.2, -0.15) is 0 Å². The number of halogens is 1. The molecule has 0 saturated carbocycles. The zero-order valence-electron chi connectivity index (χ0n) is 9.40. The maximum atomic E-state index is 13.3. The van der Waals surface area contributed by atoms with Crippen molar-refractivity contribution in [1.29, 1.82) is 0 Å². The van der Waals surface area contributed by atoms with Crippen molar-refractivity contribution in [3.8, 4) is 11.8 Å². The van der Waals surface area contributed by atoms with E-state index < -0.39 is 22.4 Å². The van der Waals surface area contributed by atoms with Gasteiger partial charge < -0.3 is 10.5 Å². The summed E-state index contributed by atoms with van der Waals surface area (Å²) in [7, 11) is 1.20. The maximum Gasteiger partial charge on any atom is 0.317 e. The van der Waals surface area contributed by atoms with Crippen LogP contribution in [0.3, 0.4) is 0 Å². The zero-order valence-corrected chi connectivity index (χ0v) is 9.40. The fraction of sp³-hybridized carbons (Fsp3) is 0.182. The van der Waals surface area contributed by atoms with E-state index in [1.165, 1.54) is 7.11 Å². The molecule has 0 aromatic heterocycles. The molecule has 0 bridgehead atoms. The Morgan fingerprint density at radius 1 is 1.61 bits per heavy atom. The van der Waals surface area contributed by atoms with E-state index in [1.54, 1.807) is 0 Å². The van der Waals surface area contributed by atoms with E-state index in [2.05, 4.69) is 16.6 Å². The van der Waals surface area contributed by atoms with E-state index in [-0.39, 0.29) is 17.7 Å². The molecule has 7 heteroatoms. The SMILES string of the molecule is COC(=O)CC#Cc1cc([N+](=O)[O-])cc(F)c1N. The van der Waals surface area contributed by atoms with Crippen LogP contribution in [0.5, 0.6) is 0 Å². The molecule has 0 heterocycles. The fourth-order valence-electron chi connectivity index (χ4n) is 1.10. The molecule has 94 valence electrons. The molecule has 0 aliphatic rings. The number of nitro groups is 1. The summed E-state index contributed by atoms with van der Waals surface area (Å²) in [5.74, 6) is 3.30. The Kier molecular flexibility index (Phi) is 4.21. The molecule has 0 unspecified atom stereocenters. The second-order valence-electron chi connectivity index (χ2n) is 3.20. The van der Waals surface area contributed by atoms with Gasteiger partial charge in [-0.3, -0.25) is 14.9 Å². The minimum atomic E-state index is -0.924. The molecule has 0 fully saturated rings. The average Bonchev–Trinajstić information content (AvgIpc) is 2.33. The van der Waals surface area contributed by atoms with Crippen molar-refractivity contribution in [3.05, 3.63) is 33.6 Å². The number of nitro benzene ring substituents is 1. The summed E-state index contributed by atoms with van der Waals surface area (Å²) >= 11 is 0. The van der Waals surface area contributed by atoms with Gasteiger partial charge in [-0.15, -0.1) is 0 Å². The van der Waals surface area contributed by atoms with Crippen molar-refractivity contribution in [3.63, 3.8) is 0 Å². The molecule has 0 radical (unpaired) electrons. The fourth-order valence-corrected chi connectivity index (χ4v) is 1.10. The first kappa shape index (κ1) is 13.4. The van der Waals surface area contributed by atoms with Crippen molar-refractivity contribution in [2.45, 2.75) is 6.42 Å². The molecule has 0 aliphatic carbocycles. The summed E-state index contributed by atoms with van der Waals surface area (Å²) in [6.45, 7) is 0. The number of non-ortho nitro benzene ring substituents is 1. The van der Waals surface area contributed by atoms with E-state index >= 15 is 0 Å². The van der Waals surface area contributed by atoms with Crippen LogP contribution in [-0.4, -0.2) is 18.0 Å². The molecule has 0 amide bonds. The highest BCUT2D eigenvalue weighted by atomic mass is 19.1. The molecule has 0 spiro atoms. The number of carbonyl (C=O) groups is 1. The molecule has 2 N–H and O–H groups in total. The van der Waals surface area contributed by atoms with Crippen LogP contribution in [0.15, 0.2) is 12.1 Å². The third-order valence-electron chi connectivity index (χ3n) is 2.01. The average molecular weight is 252 g/mol. The van der Waals surface area contributed by atoms with E-state index in [9.17, 15) is 19.3 Å². The Hall–Kier alpha value is -2.62. The molecule has 0 atom stereocenters. The number of esters is 1. The second-order valence-corrected chi connectivity index (χ2v) is 3.20. The van der Waals surface area contributed by atoms with Crippen LogP contribution in [0.4, 0.5) is 15.8 Å². The molecule has 1 aromatic carbocycles. The van der Waals surface area contributed by atoms with Crippen molar-refractivity contribution >= 4 is 17.3 Å². The zero-order chi connectivity index (χ0) is 13.7. The van der Waals surface area contributed by atoms with Crippen molar-refractivity contribution in [1.82, 2.24) is 0 Å². The second kappa shape index (κ2) is 5.63. The maximum absolute atomic E-state index is 13.3. The number of nitrogens with two attached hydrogens (primary N) is 1. The van der Waals surface area contributed by atoms with Crippen LogP contribution in [0, 0.1) is 27.8 Å². The third-order valence-corrected chi connectivity index (χ3v) is 2.01. The molecule has 1 rings (SSSR count). The lowest BCUT2D eigenvalue weighted by Crippen LogP contribution is -1.99. The van der Waals surface area contributed by atoms with Gasteiger partial charge in [0.15, 0.2) is 5.82 Å². The van der Waals surface area contributed by atoms with Crippen LogP contribution in [0.1, 0.15) is 12.0 Å². The minimum Gasteiger partial charge on any atom is -0.468 e. The number of ether oxygens (including phenoxy) is 1. The number of hydrogen-bond donors (Lipinski definition) is 1. The summed E-state index contributed by atoms with van der Waals surface area (Å²) in [6.07, 6.45) is -0.208. The lowest BCUT2D eigenvalue weighted by molar-refractivity contribution is -0.385. The standard InChI is InChI=1S/C11H9FN2O4/c1-18-10(15)4-2-3-7-5-8(14(16)17)6-9(12)11(7)13/h5-6H,4,13H2,1H3. The first-order valence-corrected chi connectivity index (χ1v) is 4.74. The van der Waals surface area contributed by atoms with E-state index in [4.69, 9.17) is 5.73 Å². The number of rotatable bonds is 2. The molecule has 6 nitrogen and oxygen atoms in total. The third kappa shape index (κ3) is 3.18. The number of hydrogen-bond acceptors (Lipinski definition) is 5. The molecule has 0 aliphatic heterocycles. The van der Waals surface area contributed by atoms with Crippen LogP contribution in [0.2, 0.25) is 0 Å². The number of nitrogen functional groups attached to an aromatic ring is 1. The minimum absolute atomic E-state index is 0.0365. The lowest BCUT2D eigenvalue weighted by atomic mass is 10.1. The summed E-state index contributed by atoms with van der Waals surface area (Å²) in [5, 5.41) is 10.5. The Balaban J connectivity index is 3.08. The van der Waals surface area contributed by atoms with Gasteiger partial charge in [-0.25, -0.2) is 4.39 Å². The normalized spacial score (nSPS) is 9.22. The molecular formula is C11H9FN2O4. The quantitative estimate of drug-likeness (QED) is 0.281. The summed E-state index contributed by atoms with van der Waals surface area (Å²) in [4.78, 5) is 20.6. The number of benzene rings is 1. The van der Waals surface area contributed by atoms with E-state index in [0.29, 0.717) is 6.07 Å². The van der Waals surface area contributed by atoms with Gasteiger partial charge in [0.05, 0.1) is 29.4 Å². The summed E-state index contributed by atoms with van der Waals surface area (Å²) in [6, 6.07) is 1.75. The first-order chi connectivity index (χ1) is 8.45. The van der Waals surface area contributed by atoms with Gasteiger partial charge in [-0.05, 0) is 0 Å². The van der Waals surface area contributed by atoms with Crippen LogP contribution in [0.25, 0.3) is 0 Å². The first-order valence-electron chi connectivity index (χ1n) is 4.74. The summed E-state index contributed by atoms with van der Waals surface area (Å²) in [5.41, 5.74) is 4.60. The molecule has 1 aromatic rings. The van der Waals surface area contributed by atoms with Crippen molar-refractivity contribution in [2.24, 2.45) is 0 Å². The van der Waals surface area contributed by atoms with Crippen LogP contribution in [-0.2, 0) is 9.53 Å². The van der Waals surface area contributed by atoms with E-state index in [1.807, 2.05) is 0 Å². The highest BCUT2D eigenvalue weighted by Gasteiger charge is 2.13. The number of anilines is 1. The molecule has 0 saturated heterocycles. The smallest absolute Gasteiger partial charge is 0.317 e. The highest BCUT2D eigenvalue weighted by molar-refractivity contribution is 5.73. The van der Waals surface area contributed by atoms with Crippen LogP contribution < -0.4 is 5.73 Å². The highest BCUT2D eigenvalue weighted by Crippen LogP contribution is 2.22. The summed E-state index contributed by atoms with van der Waals surface area (Å²) < 4.78 is 17.6. The monoisotopic (exact) mass is 252 g/mol. The van der Waals surface area contributed by atoms with Gasteiger partial charge in [0.1, 0.15) is 6.42 Å². The predicted molar refractivity (Wildman–Crippen MR) is 61.0 cm³/mol. The molecular weight excluding hydrogens is 243 g/mol. The number of carbonyl (C=O) groups excluding carboxylic acids is 1. The Labute approximate surface area is 102 Å². The van der Waals surface area contributed by atoms with Gasteiger partial charge in [0.25, 0.3) is 5.69 Å². The molecule has 18 heavy (non-hydrogen) atoms. The topological polar surface area (TPSA) is 95.5 Å².